The van der Waals surface area contributed by atoms with Gasteiger partial charge < -0.3 is 10.6 Å². The molecule has 14 heavy (non-hydrogen) atoms. The zero-order valence-electron chi connectivity index (χ0n) is 8.42. The third-order valence-electron chi connectivity index (χ3n) is 5.73. The van der Waals surface area contributed by atoms with E-state index in [1.807, 2.05) is 0 Å². The molecular weight excluding hydrogens is 174 g/mol. The predicted octanol–water partition coefficient (Wildman–Crippen LogP) is 1.00. The minimum atomic E-state index is 0.301. The van der Waals surface area contributed by atoms with E-state index in [1.54, 1.807) is 0 Å². The molecule has 0 aromatic rings. The summed E-state index contributed by atoms with van der Waals surface area (Å²) in [6.45, 7) is 2.19. The monoisotopic (exact) mass is 191 g/mol. The summed E-state index contributed by atoms with van der Waals surface area (Å²) < 4.78 is 0. The Morgan fingerprint density at radius 1 is 1.07 bits per heavy atom. The number of nitrogens with two attached hydrogens (primary N) is 1. The number of nitrogens with zero attached hydrogens (tertiary/aromatic N) is 1. The summed E-state index contributed by atoms with van der Waals surface area (Å²) in [5.74, 6) is 2.39. The van der Waals surface area contributed by atoms with E-state index in [0.717, 1.165) is 24.9 Å². The molecule has 0 atom stereocenters. The van der Waals surface area contributed by atoms with E-state index in [4.69, 9.17) is 11.1 Å². The van der Waals surface area contributed by atoms with Gasteiger partial charge in [0.2, 0.25) is 0 Å². The van der Waals surface area contributed by atoms with Crippen molar-refractivity contribution in [1.29, 1.82) is 5.41 Å². The molecule has 3 heteroatoms. The topological polar surface area (TPSA) is 53.1 Å². The highest BCUT2D eigenvalue weighted by atomic mass is 15.3. The molecule has 2 spiro atoms. The Balaban J connectivity index is 1.78. The molecular formula is C11H17N3. The highest BCUT2D eigenvalue weighted by Crippen LogP contribution is 2.78. The number of guanidine groups is 1. The minimum Gasteiger partial charge on any atom is -0.370 e. The van der Waals surface area contributed by atoms with Crippen LogP contribution < -0.4 is 5.73 Å². The van der Waals surface area contributed by atoms with Crippen LogP contribution >= 0.6 is 0 Å². The molecule has 0 aromatic carbocycles. The first-order valence-electron chi connectivity index (χ1n) is 5.73. The third kappa shape index (κ3) is 0.555. The molecule has 3 nitrogen and oxygen atoms in total. The Kier molecular flexibility index (Phi) is 0.981. The van der Waals surface area contributed by atoms with Gasteiger partial charge in [-0.15, -0.1) is 0 Å². The summed E-state index contributed by atoms with van der Waals surface area (Å²) >= 11 is 0. The average Bonchev–Trinajstić information content (AvgIpc) is 2.69. The fourth-order valence-corrected chi connectivity index (χ4v) is 5.40. The van der Waals surface area contributed by atoms with E-state index < -0.39 is 0 Å². The lowest BCUT2D eigenvalue weighted by atomic mass is 9.71. The molecule has 5 rings (SSSR count). The fourth-order valence-electron chi connectivity index (χ4n) is 5.40. The lowest BCUT2D eigenvalue weighted by Crippen LogP contribution is -2.36. The van der Waals surface area contributed by atoms with Crippen LogP contribution in [-0.4, -0.2) is 23.9 Å². The molecule has 0 amide bonds. The summed E-state index contributed by atoms with van der Waals surface area (Å²) in [5, 5.41) is 7.55. The molecule has 0 aromatic heterocycles. The number of hydrogen-bond donors (Lipinski definition) is 2. The molecule has 1 aliphatic heterocycles. The van der Waals surface area contributed by atoms with Crippen molar-refractivity contribution >= 4 is 5.96 Å². The van der Waals surface area contributed by atoms with Crippen LogP contribution in [0.15, 0.2) is 0 Å². The first kappa shape index (κ1) is 7.55. The molecule has 5 aliphatic rings. The van der Waals surface area contributed by atoms with Crippen LogP contribution in [0.1, 0.15) is 25.7 Å². The lowest BCUT2D eigenvalue weighted by molar-refractivity contribution is 0.184. The Morgan fingerprint density at radius 2 is 1.50 bits per heavy atom. The van der Waals surface area contributed by atoms with E-state index in [9.17, 15) is 0 Å². The summed E-state index contributed by atoms with van der Waals surface area (Å²) in [5.41, 5.74) is 6.80. The van der Waals surface area contributed by atoms with Crippen molar-refractivity contribution in [1.82, 2.24) is 4.90 Å². The van der Waals surface area contributed by atoms with Crippen LogP contribution in [0.2, 0.25) is 0 Å². The van der Waals surface area contributed by atoms with Crippen LogP contribution in [0.3, 0.4) is 0 Å². The van der Waals surface area contributed by atoms with Gasteiger partial charge in [-0.2, -0.15) is 0 Å². The second kappa shape index (κ2) is 1.82. The van der Waals surface area contributed by atoms with Crippen molar-refractivity contribution in [3.8, 4) is 0 Å². The molecule has 3 N–H and O–H groups in total. The highest BCUT2D eigenvalue weighted by Gasteiger charge is 2.74. The van der Waals surface area contributed by atoms with Gasteiger partial charge in [-0.3, -0.25) is 5.41 Å². The van der Waals surface area contributed by atoms with Crippen molar-refractivity contribution in [3.63, 3.8) is 0 Å². The lowest BCUT2D eigenvalue weighted by Gasteiger charge is -2.31. The van der Waals surface area contributed by atoms with Gasteiger partial charge >= 0.3 is 0 Å². The van der Waals surface area contributed by atoms with Crippen LogP contribution in [0.4, 0.5) is 0 Å². The Bertz CT molecular complexity index is 297. The first-order chi connectivity index (χ1) is 6.64. The molecule has 4 bridgehead atoms. The molecule has 4 aliphatic carbocycles. The fraction of sp³-hybridized carbons (Fsp3) is 0.909. The maximum atomic E-state index is 7.55. The zero-order chi connectivity index (χ0) is 9.55. The average molecular weight is 191 g/mol. The molecule has 5 fully saturated rings. The molecule has 76 valence electrons. The van der Waals surface area contributed by atoms with Gasteiger partial charge in [0.15, 0.2) is 5.96 Å². The van der Waals surface area contributed by atoms with Crippen LogP contribution in [0.25, 0.3) is 0 Å². The largest absolute Gasteiger partial charge is 0.370 e. The highest BCUT2D eigenvalue weighted by molar-refractivity contribution is 5.75. The second-order valence-corrected chi connectivity index (χ2v) is 6.14. The van der Waals surface area contributed by atoms with Crippen molar-refractivity contribution in [2.75, 3.05) is 13.1 Å². The Morgan fingerprint density at radius 3 is 1.86 bits per heavy atom. The van der Waals surface area contributed by atoms with E-state index in [-0.39, 0.29) is 0 Å². The zero-order valence-corrected chi connectivity index (χ0v) is 8.42. The first-order valence-corrected chi connectivity index (χ1v) is 5.73. The second-order valence-electron chi connectivity index (χ2n) is 6.14. The third-order valence-corrected chi connectivity index (χ3v) is 5.73. The van der Waals surface area contributed by atoms with Crippen LogP contribution in [0.5, 0.6) is 0 Å². The van der Waals surface area contributed by atoms with Gasteiger partial charge in [-0.25, -0.2) is 0 Å². The Hall–Kier alpha value is -0.730. The molecule has 4 saturated carbocycles. The number of hydrogen-bond acceptors (Lipinski definition) is 1. The quantitative estimate of drug-likeness (QED) is 0.443. The molecule has 1 heterocycles. The normalized spacial score (nSPS) is 57.3. The van der Waals surface area contributed by atoms with Gasteiger partial charge in [-0.05, 0) is 48.3 Å². The maximum Gasteiger partial charge on any atom is 0.188 e. The molecule has 1 saturated heterocycles. The number of rotatable bonds is 0. The summed E-state index contributed by atoms with van der Waals surface area (Å²) in [4.78, 5) is 2.12. The van der Waals surface area contributed by atoms with Crippen LogP contribution in [-0.2, 0) is 0 Å². The van der Waals surface area contributed by atoms with E-state index >= 15 is 0 Å². The smallest absolute Gasteiger partial charge is 0.188 e. The number of likely N-dealkylation sites (tertiary alicyclic amines) is 1. The molecule has 0 unspecified atom stereocenters. The van der Waals surface area contributed by atoms with Gasteiger partial charge in [-0.1, -0.05) is 0 Å². The van der Waals surface area contributed by atoms with Crippen molar-refractivity contribution in [2.45, 2.75) is 25.7 Å². The Labute approximate surface area is 84.2 Å². The summed E-state index contributed by atoms with van der Waals surface area (Å²) in [6.07, 6.45) is 5.78. The van der Waals surface area contributed by atoms with E-state index in [2.05, 4.69) is 4.90 Å². The van der Waals surface area contributed by atoms with Crippen molar-refractivity contribution in [3.05, 3.63) is 0 Å². The summed E-state index contributed by atoms with van der Waals surface area (Å²) in [7, 11) is 0. The van der Waals surface area contributed by atoms with Crippen molar-refractivity contribution < 1.29 is 0 Å². The minimum absolute atomic E-state index is 0.301. The standard InChI is InChI=1S/C11H17N3/c12-9(13)14-5-10-1-7-2-11(10,6-14)4-8(7)3-10/h7-8H,1-6H2,(H3,12,13). The van der Waals surface area contributed by atoms with Gasteiger partial charge in [0.05, 0.1) is 0 Å². The van der Waals surface area contributed by atoms with Gasteiger partial charge in [0.1, 0.15) is 0 Å². The maximum absolute atomic E-state index is 7.55. The van der Waals surface area contributed by atoms with Crippen LogP contribution in [0, 0.1) is 28.1 Å². The van der Waals surface area contributed by atoms with Gasteiger partial charge in [0.25, 0.3) is 0 Å². The number of nitrogens with one attached hydrogen (secondary N) is 1. The molecule has 0 radical (unpaired) electrons. The van der Waals surface area contributed by atoms with Crippen molar-refractivity contribution in [2.24, 2.45) is 28.4 Å². The van der Waals surface area contributed by atoms with E-state index in [1.165, 1.54) is 25.7 Å². The predicted molar refractivity (Wildman–Crippen MR) is 53.8 cm³/mol. The summed E-state index contributed by atoms with van der Waals surface area (Å²) in [6, 6.07) is 0. The van der Waals surface area contributed by atoms with Gasteiger partial charge in [0, 0.05) is 13.1 Å². The SMILES string of the molecule is N=C(N)N1CC23CC4CC2(CC4C3)C1. The van der Waals surface area contributed by atoms with E-state index in [0.29, 0.717) is 16.8 Å².